The highest BCUT2D eigenvalue weighted by atomic mass is 127. The van der Waals surface area contributed by atoms with Gasteiger partial charge in [0, 0.05) is 21.4 Å². The van der Waals surface area contributed by atoms with Crippen LogP contribution in [0.25, 0.3) is 0 Å². The van der Waals surface area contributed by atoms with Gasteiger partial charge in [0.1, 0.15) is 0 Å². The lowest BCUT2D eigenvalue weighted by molar-refractivity contribution is 0.102. The fourth-order valence-electron chi connectivity index (χ4n) is 1.80. The fourth-order valence-corrected chi connectivity index (χ4v) is 3.34. The fraction of sp³-hybridized carbons (Fsp3) is 0.0625. The van der Waals surface area contributed by atoms with Crippen LogP contribution in [-0.2, 0) is 10.0 Å². The van der Waals surface area contributed by atoms with E-state index in [9.17, 15) is 13.2 Å². The molecule has 0 bridgehead atoms. The number of carbonyl (C=O) groups excluding carboxylic acids is 1. The molecule has 0 radical (unpaired) electrons. The van der Waals surface area contributed by atoms with Crippen molar-refractivity contribution < 1.29 is 13.2 Å². The van der Waals surface area contributed by atoms with Crippen LogP contribution in [0.2, 0.25) is 0 Å². The third-order valence-corrected chi connectivity index (χ3v) is 5.04. The average Bonchev–Trinajstić information content (AvgIpc) is 2.53. The van der Waals surface area contributed by atoms with Gasteiger partial charge in [-0.25, -0.2) is 13.1 Å². The molecule has 2 aromatic carbocycles. The molecular weight excluding hydrogens is 427 g/mol. The molecule has 0 saturated heterocycles. The molecule has 2 N–H and O–H groups in total. The lowest BCUT2D eigenvalue weighted by Crippen LogP contribution is -2.23. The second kappa shape index (κ2) is 7.71. The number of carbonyl (C=O) groups is 1. The molecule has 0 aliphatic carbocycles. The van der Waals surface area contributed by atoms with Crippen LogP contribution in [0.4, 0.5) is 5.69 Å². The van der Waals surface area contributed by atoms with Gasteiger partial charge in [0.15, 0.2) is 0 Å². The molecule has 0 aliphatic heterocycles. The van der Waals surface area contributed by atoms with Gasteiger partial charge in [-0.3, -0.25) is 4.79 Å². The van der Waals surface area contributed by atoms with E-state index >= 15 is 0 Å². The molecule has 0 aliphatic rings. The van der Waals surface area contributed by atoms with Gasteiger partial charge < -0.3 is 5.32 Å². The van der Waals surface area contributed by atoms with Crippen LogP contribution in [0.1, 0.15) is 10.4 Å². The second-order valence-electron chi connectivity index (χ2n) is 4.63. The Hall–Kier alpha value is -1.71. The van der Waals surface area contributed by atoms with Crippen molar-refractivity contribution >= 4 is 44.2 Å². The Balaban J connectivity index is 2.11. The summed E-state index contributed by atoms with van der Waals surface area (Å²) in [5, 5.41) is 2.73. The molecule has 0 spiro atoms. The first kappa shape index (κ1) is 17.6. The molecule has 120 valence electrons. The van der Waals surface area contributed by atoms with Crippen LogP contribution >= 0.6 is 22.6 Å². The third kappa shape index (κ3) is 4.88. The minimum Gasteiger partial charge on any atom is -0.322 e. The van der Waals surface area contributed by atoms with Gasteiger partial charge in [0.05, 0.1) is 4.90 Å². The van der Waals surface area contributed by atoms with Crippen LogP contribution in [0.3, 0.4) is 0 Å². The van der Waals surface area contributed by atoms with Crippen molar-refractivity contribution in [3.63, 3.8) is 0 Å². The molecule has 0 heterocycles. The zero-order chi connectivity index (χ0) is 16.9. The molecule has 0 unspecified atom stereocenters. The minimum atomic E-state index is -3.56. The number of hydrogen-bond donors (Lipinski definition) is 2. The van der Waals surface area contributed by atoms with Gasteiger partial charge in [-0.15, -0.1) is 6.58 Å². The summed E-state index contributed by atoms with van der Waals surface area (Å²) in [4.78, 5) is 12.3. The van der Waals surface area contributed by atoms with Crippen LogP contribution < -0.4 is 10.0 Å². The first-order valence-corrected chi connectivity index (χ1v) is 9.26. The number of benzene rings is 2. The number of halogens is 1. The zero-order valence-corrected chi connectivity index (χ0v) is 15.1. The summed E-state index contributed by atoms with van der Waals surface area (Å²) in [6.07, 6.45) is 1.47. The molecule has 0 fully saturated rings. The molecule has 0 aromatic heterocycles. The Morgan fingerprint density at radius 2 is 1.87 bits per heavy atom. The Morgan fingerprint density at radius 3 is 2.48 bits per heavy atom. The molecule has 2 aromatic rings. The quantitative estimate of drug-likeness (QED) is 0.534. The summed E-state index contributed by atoms with van der Waals surface area (Å²) >= 11 is 2.13. The van der Waals surface area contributed by atoms with Crippen molar-refractivity contribution in [1.82, 2.24) is 4.72 Å². The summed E-state index contributed by atoms with van der Waals surface area (Å²) in [5.74, 6) is -0.246. The molecule has 0 atom stereocenters. The van der Waals surface area contributed by atoms with E-state index in [0.717, 1.165) is 3.57 Å². The first-order valence-electron chi connectivity index (χ1n) is 6.70. The van der Waals surface area contributed by atoms with Gasteiger partial charge in [0.2, 0.25) is 10.0 Å². The number of hydrogen-bond acceptors (Lipinski definition) is 3. The number of rotatable bonds is 6. The van der Waals surface area contributed by atoms with Gasteiger partial charge in [-0.2, -0.15) is 0 Å². The van der Waals surface area contributed by atoms with E-state index in [1.165, 1.54) is 18.2 Å². The highest BCUT2D eigenvalue weighted by Crippen LogP contribution is 2.15. The first-order chi connectivity index (χ1) is 10.9. The second-order valence-corrected chi connectivity index (χ2v) is 7.64. The third-order valence-electron chi connectivity index (χ3n) is 2.93. The predicted octanol–water partition coefficient (Wildman–Crippen LogP) is 3.01. The Morgan fingerprint density at radius 1 is 1.17 bits per heavy atom. The van der Waals surface area contributed by atoms with Gasteiger partial charge >= 0.3 is 0 Å². The smallest absolute Gasteiger partial charge is 0.255 e. The Kier molecular flexibility index (Phi) is 5.91. The molecule has 5 nitrogen and oxygen atoms in total. The number of sulfonamides is 1. The van der Waals surface area contributed by atoms with Crippen molar-refractivity contribution in [2.24, 2.45) is 0 Å². The topological polar surface area (TPSA) is 75.3 Å². The maximum Gasteiger partial charge on any atom is 0.255 e. The summed E-state index contributed by atoms with van der Waals surface area (Å²) < 4.78 is 27.2. The number of nitrogens with one attached hydrogen (secondary N) is 2. The van der Waals surface area contributed by atoms with Crippen LogP contribution in [0.5, 0.6) is 0 Å². The van der Waals surface area contributed by atoms with Crippen molar-refractivity contribution in [2.45, 2.75) is 4.90 Å². The highest BCUT2D eigenvalue weighted by molar-refractivity contribution is 14.1. The maximum atomic E-state index is 12.1. The molecule has 7 heteroatoms. The van der Waals surface area contributed by atoms with E-state index in [1.54, 1.807) is 30.3 Å². The van der Waals surface area contributed by atoms with E-state index in [1.807, 2.05) is 6.07 Å². The summed E-state index contributed by atoms with van der Waals surface area (Å²) in [7, 11) is -3.56. The van der Waals surface area contributed by atoms with Crippen molar-refractivity contribution in [2.75, 3.05) is 11.9 Å². The SMILES string of the molecule is C=CCNS(=O)(=O)c1ccc(NC(=O)c2cccc(I)c2)cc1. The van der Waals surface area contributed by atoms with Gasteiger partial charge in [0.25, 0.3) is 5.91 Å². The Labute approximate surface area is 149 Å². The van der Waals surface area contributed by atoms with Gasteiger partial charge in [-0.05, 0) is 65.1 Å². The summed E-state index contributed by atoms with van der Waals surface area (Å²) in [6.45, 7) is 3.62. The highest BCUT2D eigenvalue weighted by Gasteiger charge is 2.13. The van der Waals surface area contributed by atoms with Crippen LogP contribution in [-0.4, -0.2) is 20.9 Å². The standard InChI is InChI=1S/C16H15IN2O3S/c1-2-10-18-23(21,22)15-8-6-14(7-9-15)19-16(20)12-4-3-5-13(17)11-12/h2-9,11,18H,1,10H2,(H,19,20). The lowest BCUT2D eigenvalue weighted by atomic mass is 10.2. The number of amides is 1. The van der Waals surface area contributed by atoms with Crippen molar-refractivity contribution in [3.8, 4) is 0 Å². The Bertz CT molecular complexity index is 817. The zero-order valence-electron chi connectivity index (χ0n) is 12.1. The van der Waals surface area contributed by atoms with Crippen molar-refractivity contribution in [1.29, 1.82) is 0 Å². The van der Waals surface area contributed by atoms with Crippen LogP contribution in [0.15, 0.2) is 66.1 Å². The van der Waals surface area contributed by atoms with E-state index < -0.39 is 10.0 Å². The summed E-state index contributed by atoms with van der Waals surface area (Å²) in [6, 6.07) is 13.2. The molecule has 1 amide bonds. The van der Waals surface area contributed by atoms with E-state index in [0.29, 0.717) is 11.3 Å². The lowest BCUT2D eigenvalue weighted by Gasteiger charge is -2.08. The normalized spacial score (nSPS) is 11.0. The number of anilines is 1. The van der Waals surface area contributed by atoms with E-state index in [4.69, 9.17) is 0 Å². The molecule has 23 heavy (non-hydrogen) atoms. The van der Waals surface area contributed by atoms with Crippen LogP contribution in [0, 0.1) is 3.57 Å². The van der Waals surface area contributed by atoms with Crippen molar-refractivity contribution in [3.05, 3.63) is 70.3 Å². The summed E-state index contributed by atoms with van der Waals surface area (Å²) in [5.41, 5.74) is 1.07. The maximum absolute atomic E-state index is 12.1. The van der Waals surface area contributed by atoms with Gasteiger partial charge in [-0.1, -0.05) is 12.1 Å². The molecule has 0 saturated carbocycles. The molecular formula is C16H15IN2O3S. The predicted molar refractivity (Wildman–Crippen MR) is 98.9 cm³/mol. The van der Waals surface area contributed by atoms with E-state index in [2.05, 4.69) is 39.2 Å². The minimum absolute atomic E-state index is 0.131. The largest absolute Gasteiger partial charge is 0.322 e. The molecule has 2 rings (SSSR count). The average molecular weight is 442 g/mol. The van der Waals surface area contributed by atoms with E-state index in [-0.39, 0.29) is 17.3 Å². The monoisotopic (exact) mass is 442 g/mol.